The third-order valence-electron chi connectivity index (χ3n) is 3.20. The second-order valence-electron chi connectivity index (χ2n) is 5.01. The monoisotopic (exact) mass is 234 g/mol. The first kappa shape index (κ1) is 12.9. The Hall–Kier alpha value is -0.130. The smallest absolute Gasteiger partial charge is 0.211 e. The average Bonchev–Trinajstić information content (AvgIpc) is 2.42. The van der Waals surface area contributed by atoms with Gasteiger partial charge in [0.15, 0.2) is 0 Å². The van der Waals surface area contributed by atoms with Crippen molar-refractivity contribution < 1.29 is 8.42 Å². The van der Waals surface area contributed by atoms with Crippen LogP contribution in [0.3, 0.4) is 0 Å². The Morgan fingerprint density at radius 3 is 2.60 bits per heavy atom. The minimum atomic E-state index is -3.13. The van der Waals surface area contributed by atoms with E-state index in [4.69, 9.17) is 5.73 Å². The highest BCUT2D eigenvalue weighted by Gasteiger charge is 2.36. The van der Waals surface area contributed by atoms with Gasteiger partial charge in [-0.15, -0.1) is 0 Å². The lowest BCUT2D eigenvalue weighted by Crippen LogP contribution is -2.42. The maximum atomic E-state index is 11.7. The first-order chi connectivity index (χ1) is 6.87. The van der Waals surface area contributed by atoms with Crippen LogP contribution in [0.25, 0.3) is 0 Å². The summed E-state index contributed by atoms with van der Waals surface area (Å²) in [5.41, 5.74) is 5.40. The van der Waals surface area contributed by atoms with Crippen LogP contribution in [-0.2, 0) is 10.0 Å². The number of nitrogens with one attached hydrogen (secondary N) is 1. The van der Waals surface area contributed by atoms with Crippen LogP contribution in [0.15, 0.2) is 0 Å². The Morgan fingerprint density at radius 2 is 2.13 bits per heavy atom. The molecule has 1 fully saturated rings. The second-order valence-corrected chi connectivity index (χ2v) is 6.89. The van der Waals surface area contributed by atoms with Crippen molar-refractivity contribution in [2.75, 3.05) is 12.3 Å². The van der Waals surface area contributed by atoms with Crippen LogP contribution >= 0.6 is 0 Å². The van der Waals surface area contributed by atoms with E-state index >= 15 is 0 Å². The number of rotatable bonds is 5. The van der Waals surface area contributed by atoms with E-state index in [0.717, 1.165) is 19.3 Å². The number of sulfonamides is 1. The molecular weight excluding hydrogens is 212 g/mol. The number of hydrogen-bond acceptors (Lipinski definition) is 3. The number of nitrogens with two attached hydrogens (primary N) is 1. The molecule has 0 heterocycles. The van der Waals surface area contributed by atoms with Crippen molar-refractivity contribution in [3.63, 3.8) is 0 Å². The molecule has 0 aromatic heterocycles. The van der Waals surface area contributed by atoms with Gasteiger partial charge < -0.3 is 5.73 Å². The summed E-state index contributed by atoms with van der Waals surface area (Å²) in [4.78, 5) is 0. The van der Waals surface area contributed by atoms with Gasteiger partial charge in [-0.25, -0.2) is 13.1 Å². The van der Waals surface area contributed by atoms with Crippen molar-refractivity contribution >= 4 is 10.0 Å². The van der Waals surface area contributed by atoms with E-state index in [0.29, 0.717) is 13.0 Å². The van der Waals surface area contributed by atoms with E-state index in [2.05, 4.69) is 18.6 Å². The normalized spacial score (nSPS) is 25.7. The van der Waals surface area contributed by atoms with Crippen molar-refractivity contribution in [3.05, 3.63) is 0 Å². The van der Waals surface area contributed by atoms with Crippen LogP contribution in [-0.4, -0.2) is 26.8 Å². The lowest BCUT2D eigenvalue weighted by molar-refractivity contribution is 0.313. The molecule has 90 valence electrons. The summed E-state index contributed by atoms with van der Waals surface area (Å²) in [5.74, 6) is 0.149. The summed E-state index contributed by atoms with van der Waals surface area (Å²) in [6.07, 6.45) is 3.69. The molecule has 0 radical (unpaired) electrons. The molecule has 0 saturated heterocycles. The van der Waals surface area contributed by atoms with Gasteiger partial charge in [-0.05, 0) is 31.2 Å². The minimum absolute atomic E-state index is 0.0930. The predicted octanol–water partition coefficient (Wildman–Crippen LogP) is 0.833. The van der Waals surface area contributed by atoms with Gasteiger partial charge in [0.25, 0.3) is 0 Å². The third kappa shape index (κ3) is 3.74. The van der Waals surface area contributed by atoms with Gasteiger partial charge >= 0.3 is 0 Å². The molecule has 1 unspecified atom stereocenters. The molecule has 4 nitrogen and oxygen atoms in total. The third-order valence-corrected chi connectivity index (χ3v) is 4.67. The topological polar surface area (TPSA) is 72.2 Å². The highest BCUT2D eigenvalue weighted by molar-refractivity contribution is 7.89. The Labute approximate surface area is 92.7 Å². The molecule has 0 aliphatic heterocycles. The molecule has 0 aromatic rings. The molecule has 0 aromatic carbocycles. The van der Waals surface area contributed by atoms with Crippen molar-refractivity contribution in [2.24, 2.45) is 11.1 Å². The molecule has 1 rings (SSSR count). The molecule has 1 aliphatic carbocycles. The number of hydrogen-bond donors (Lipinski definition) is 2. The zero-order valence-electron chi connectivity index (χ0n) is 9.62. The van der Waals surface area contributed by atoms with E-state index in [-0.39, 0.29) is 17.2 Å². The molecule has 0 amide bonds. The molecule has 1 atom stereocenters. The molecule has 3 N–H and O–H groups in total. The van der Waals surface area contributed by atoms with Crippen LogP contribution in [0.1, 0.15) is 39.5 Å². The summed E-state index contributed by atoms with van der Waals surface area (Å²) < 4.78 is 26.1. The van der Waals surface area contributed by atoms with Crippen LogP contribution in [0.2, 0.25) is 0 Å². The molecular formula is C10H22N2O2S. The first-order valence-corrected chi connectivity index (χ1v) is 7.23. The Kier molecular flexibility index (Phi) is 4.14. The highest BCUT2D eigenvalue weighted by atomic mass is 32.2. The van der Waals surface area contributed by atoms with E-state index in [9.17, 15) is 8.42 Å². The van der Waals surface area contributed by atoms with E-state index < -0.39 is 10.0 Å². The summed E-state index contributed by atoms with van der Waals surface area (Å²) in [5, 5.41) is 0. The molecule has 5 heteroatoms. The van der Waals surface area contributed by atoms with Gasteiger partial charge in [0.1, 0.15) is 0 Å². The fourth-order valence-corrected chi connectivity index (χ4v) is 3.63. The summed E-state index contributed by atoms with van der Waals surface area (Å²) in [7, 11) is -3.13. The lowest BCUT2D eigenvalue weighted by Gasteiger charge is -2.27. The zero-order valence-corrected chi connectivity index (χ0v) is 10.4. The van der Waals surface area contributed by atoms with Crippen LogP contribution in [0, 0.1) is 5.41 Å². The maximum Gasteiger partial charge on any atom is 0.211 e. The quantitative estimate of drug-likeness (QED) is 0.740. The molecule has 0 spiro atoms. The summed E-state index contributed by atoms with van der Waals surface area (Å²) in [6, 6.07) is 0.0975. The fraction of sp³-hybridized carbons (Fsp3) is 1.00. The predicted molar refractivity (Wildman–Crippen MR) is 62.0 cm³/mol. The van der Waals surface area contributed by atoms with Crippen molar-refractivity contribution in [3.8, 4) is 0 Å². The Morgan fingerprint density at radius 1 is 1.47 bits per heavy atom. The Bertz CT molecular complexity index is 299. The van der Waals surface area contributed by atoms with Crippen molar-refractivity contribution in [1.29, 1.82) is 0 Å². The van der Waals surface area contributed by atoms with E-state index in [1.807, 2.05) is 0 Å². The van der Waals surface area contributed by atoms with Crippen molar-refractivity contribution in [1.82, 2.24) is 4.72 Å². The molecule has 0 bridgehead atoms. The largest absolute Gasteiger partial charge is 0.330 e. The minimum Gasteiger partial charge on any atom is -0.330 e. The van der Waals surface area contributed by atoms with E-state index in [1.165, 1.54) is 0 Å². The molecule has 1 saturated carbocycles. The van der Waals surface area contributed by atoms with Gasteiger partial charge in [-0.2, -0.15) is 0 Å². The second kappa shape index (κ2) is 4.80. The van der Waals surface area contributed by atoms with Gasteiger partial charge in [-0.1, -0.05) is 20.3 Å². The summed E-state index contributed by atoms with van der Waals surface area (Å²) >= 11 is 0. The maximum absolute atomic E-state index is 11.7. The highest BCUT2D eigenvalue weighted by Crippen LogP contribution is 2.37. The standard InChI is InChI=1S/C10H22N2O2S/c1-10(2)6-3-5-9(10)12-15(13,14)8-4-7-11/h9,12H,3-8,11H2,1-2H3. The zero-order chi connectivity index (χ0) is 11.5. The Balaban J connectivity index is 2.54. The van der Waals surface area contributed by atoms with Crippen LogP contribution < -0.4 is 10.5 Å². The summed E-state index contributed by atoms with van der Waals surface area (Å²) in [6.45, 7) is 4.67. The average molecular weight is 234 g/mol. The fourth-order valence-electron chi connectivity index (χ4n) is 2.09. The van der Waals surface area contributed by atoms with E-state index in [1.54, 1.807) is 0 Å². The van der Waals surface area contributed by atoms with Gasteiger partial charge in [0, 0.05) is 6.04 Å². The van der Waals surface area contributed by atoms with Gasteiger partial charge in [0.05, 0.1) is 5.75 Å². The van der Waals surface area contributed by atoms with Crippen LogP contribution in [0.4, 0.5) is 0 Å². The van der Waals surface area contributed by atoms with Gasteiger partial charge in [-0.3, -0.25) is 0 Å². The molecule has 1 aliphatic rings. The lowest BCUT2D eigenvalue weighted by atomic mass is 9.88. The van der Waals surface area contributed by atoms with Gasteiger partial charge in [0.2, 0.25) is 10.0 Å². The molecule has 15 heavy (non-hydrogen) atoms. The van der Waals surface area contributed by atoms with Crippen LogP contribution in [0.5, 0.6) is 0 Å². The SMILES string of the molecule is CC1(C)CCCC1NS(=O)(=O)CCCN. The van der Waals surface area contributed by atoms with Crippen molar-refractivity contribution in [2.45, 2.75) is 45.6 Å². The first-order valence-electron chi connectivity index (χ1n) is 5.57.